The third-order valence-corrected chi connectivity index (χ3v) is 5.33. The fourth-order valence-electron chi connectivity index (χ4n) is 3.62. The summed E-state index contributed by atoms with van der Waals surface area (Å²) < 4.78 is 38.2. The Kier molecular flexibility index (Phi) is 7.15. The molecule has 1 heterocycles. The van der Waals surface area contributed by atoms with Crippen molar-refractivity contribution in [3.63, 3.8) is 0 Å². The molecule has 1 aliphatic heterocycles. The van der Waals surface area contributed by atoms with Gasteiger partial charge in [-0.2, -0.15) is 13.2 Å². The SMILES string of the molecule is C/C(=C\C(=O)NC(Cc1ccccc1)C(=O)N1CCCC1)c1ccc(C(F)(F)F)cc1. The van der Waals surface area contributed by atoms with Gasteiger partial charge < -0.3 is 10.2 Å². The van der Waals surface area contributed by atoms with Crippen LogP contribution in [0, 0.1) is 0 Å². The van der Waals surface area contributed by atoms with Gasteiger partial charge in [0, 0.05) is 25.6 Å². The standard InChI is InChI=1S/C24H25F3N2O2/c1-17(19-9-11-20(12-10-19)24(25,26)27)15-22(30)28-21(16-18-7-3-2-4-8-18)23(31)29-13-5-6-14-29/h2-4,7-12,15,21H,5-6,13-14,16H2,1H3,(H,28,30)/b17-15+. The molecule has 4 nitrogen and oxygen atoms in total. The quantitative estimate of drug-likeness (QED) is 0.688. The van der Waals surface area contributed by atoms with Crippen molar-refractivity contribution in [2.24, 2.45) is 0 Å². The molecule has 2 amide bonds. The van der Waals surface area contributed by atoms with Crippen molar-refractivity contribution in [2.75, 3.05) is 13.1 Å². The molecule has 164 valence electrons. The Labute approximate surface area is 179 Å². The topological polar surface area (TPSA) is 49.4 Å². The van der Waals surface area contributed by atoms with Gasteiger partial charge in [-0.05, 0) is 48.6 Å². The lowest BCUT2D eigenvalue weighted by atomic mass is 10.0. The molecule has 1 fully saturated rings. The maximum Gasteiger partial charge on any atom is 0.416 e. The molecule has 2 aromatic carbocycles. The van der Waals surface area contributed by atoms with E-state index < -0.39 is 23.7 Å². The number of allylic oxidation sites excluding steroid dienone is 1. The van der Waals surface area contributed by atoms with Gasteiger partial charge in [-0.25, -0.2) is 0 Å². The Morgan fingerprint density at radius 1 is 1.03 bits per heavy atom. The first kappa shape index (κ1) is 22.6. The van der Waals surface area contributed by atoms with Crippen LogP contribution in [0.25, 0.3) is 5.57 Å². The van der Waals surface area contributed by atoms with Gasteiger partial charge in [0.05, 0.1) is 5.56 Å². The minimum Gasteiger partial charge on any atom is -0.341 e. The Morgan fingerprint density at radius 3 is 2.23 bits per heavy atom. The highest BCUT2D eigenvalue weighted by Gasteiger charge is 2.30. The van der Waals surface area contributed by atoms with Crippen LogP contribution in [-0.4, -0.2) is 35.8 Å². The molecule has 31 heavy (non-hydrogen) atoms. The number of rotatable bonds is 6. The van der Waals surface area contributed by atoms with E-state index >= 15 is 0 Å². The lowest BCUT2D eigenvalue weighted by Gasteiger charge is -2.24. The normalized spacial score (nSPS) is 15.6. The van der Waals surface area contributed by atoms with Gasteiger partial charge in [-0.3, -0.25) is 9.59 Å². The number of halogens is 3. The second-order valence-electron chi connectivity index (χ2n) is 7.69. The van der Waals surface area contributed by atoms with Crippen LogP contribution in [0.4, 0.5) is 13.2 Å². The van der Waals surface area contributed by atoms with Crippen LogP contribution in [0.5, 0.6) is 0 Å². The van der Waals surface area contributed by atoms with Crippen LogP contribution in [-0.2, 0) is 22.2 Å². The zero-order chi connectivity index (χ0) is 22.4. The molecular formula is C24H25F3N2O2. The number of nitrogens with one attached hydrogen (secondary N) is 1. The minimum absolute atomic E-state index is 0.115. The van der Waals surface area contributed by atoms with Crippen LogP contribution < -0.4 is 5.32 Å². The Balaban J connectivity index is 1.73. The predicted octanol–water partition coefficient (Wildman–Crippen LogP) is 4.46. The number of carbonyl (C=O) groups is 2. The lowest BCUT2D eigenvalue weighted by Crippen LogP contribution is -2.48. The van der Waals surface area contributed by atoms with E-state index in [0.29, 0.717) is 30.6 Å². The average Bonchev–Trinajstić information content (AvgIpc) is 3.28. The van der Waals surface area contributed by atoms with E-state index in [2.05, 4.69) is 5.32 Å². The molecule has 0 aliphatic carbocycles. The average molecular weight is 430 g/mol. The Morgan fingerprint density at radius 2 is 1.65 bits per heavy atom. The van der Waals surface area contributed by atoms with E-state index in [1.54, 1.807) is 11.8 Å². The molecule has 7 heteroatoms. The van der Waals surface area contributed by atoms with Crippen molar-refractivity contribution < 1.29 is 22.8 Å². The molecule has 3 rings (SSSR count). The summed E-state index contributed by atoms with van der Waals surface area (Å²) in [4.78, 5) is 27.4. The summed E-state index contributed by atoms with van der Waals surface area (Å²) in [5.74, 6) is -0.568. The molecule has 2 aromatic rings. The highest BCUT2D eigenvalue weighted by molar-refractivity contribution is 5.97. The first-order chi connectivity index (χ1) is 14.7. The van der Waals surface area contributed by atoms with Crippen molar-refractivity contribution in [1.82, 2.24) is 10.2 Å². The van der Waals surface area contributed by atoms with Gasteiger partial charge in [-0.1, -0.05) is 42.5 Å². The van der Waals surface area contributed by atoms with Crippen LogP contribution in [0.15, 0.2) is 60.7 Å². The van der Waals surface area contributed by atoms with Crippen molar-refractivity contribution in [3.8, 4) is 0 Å². The molecule has 0 aromatic heterocycles. The highest BCUT2D eigenvalue weighted by Crippen LogP contribution is 2.30. The molecule has 1 atom stereocenters. The van der Waals surface area contributed by atoms with E-state index in [1.165, 1.54) is 18.2 Å². The van der Waals surface area contributed by atoms with Crippen LogP contribution in [0.2, 0.25) is 0 Å². The summed E-state index contributed by atoms with van der Waals surface area (Å²) in [6.07, 6.45) is -0.823. The molecular weight excluding hydrogens is 405 g/mol. The summed E-state index contributed by atoms with van der Waals surface area (Å²) in [6, 6.07) is 13.4. The fraction of sp³-hybridized carbons (Fsp3) is 0.333. The van der Waals surface area contributed by atoms with Crippen LogP contribution in [0.1, 0.15) is 36.5 Å². The maximum atomic E-state index is 13.0. The van der Waals surface area contributed by atoms with Crippen molar-refractivity contribution in [3.05, 3.63) is 77.4 Å². The van der Waals surface area contributed by atoms with Gasteiger partial charge >= 0.3 is 6.18 Å². The number of likely N-dealkylation sites (tertiary alicyclic amines) is 1. The third kappa shape index (κ3) is 6.20. The number of amides is 2. The predicted molar refractivity (Wildman–Crippen MR) is 113 cm³/mol. The van der Waals surface area contributed by atoms with E-state index in [4.69, 9.17) is 0 Å². The fourth-order valence-corrected chi connectivity index (χ4v) is 3.62. The molecule has 0 spiro atoms. The highest BCUT2D eigenvalue weighted by atomic mass is 19.4. The first-order valence-electron chi connectivity index (χ1n) is 10.2. The molecule has 0 bridgehead atoms. The summed E-state index contributed by atoms with van der Waals surface area (Å²) in [6.45, 7) is 3.01. The van der Waals surface area contributed by atoms with Crippen molar-refractivity contribution in [1.29, 1.82) is 0 Å². The van der Waals surface area contributed by atoms with E-state index in [-0.39, 0.29) is 5.91 Å². The van der Waals surface area contributed by atoms with E-state index in [0.717, 1.165) is 30.5 Å². The summed E-state index contributed by atoms with van der Waals surface area (Å²) >= 11 is 0. The van der Waals surface area contributed by atoms with Crippen molar-refractivity contribution >= 4 is 17.4 Å². The Hall–Kier alpha value is -3.09. The summed E-state index contributed by atoms with van der Waals surface area (Å²) in [7, 11) is 0. The molecule has 0 radical (unpaired) electrons. The van der Waals surface area contributed by atoms with Gasteiger partial charge in [-0.15, -0.1) is 0 Å². The summed E-state index contributed by atoms with van der Waals surface area (Å²) in [5, 5.41) is 2.79. The van der Waals surface area contributed by atoms with E-state index in [1.807, 2.05) is 30.3 Å². The van der Waals surface area contributed by atoms with Crippen LogP contribution in [0.3, 0.4) is 0 Å². The Bertz CT molecular complexity index is 932. The number of carbonyl (C=O) groups excluding carboxylic acids is 2. The second kappa shape index (κ2) is 9.81. The maximum absolute atomic E-state index is 13.0. The molecule has 1 saturated heterocycles. The second-order valence-corrected chi connectivity index (χ2v) is 7.69. The number of hydrogen-bond acceptors (Lipinski definition) is 2. The third-order valence-electron chi connectivity index (χ3n) is 5.33. The zero-order valence-corrected chi connectivity index (χ0v) is 17.3. The number of hydrogen-bond donors (Lipinski definition) is 1. The van der Waals surface area contributed by atoms with Gasteiger partial charge in [0.2, 0.25) is 11.8 Å². The number of alkyl halides is 3. The smallest absolute Gasteiger partial charge is 0.341 e. The monoisotopic (exact) mass is 430 g/mol. The minimum atomic E-state index is -4.41. The first-order valence-corrected chi connectivity index (χ1v) is 10.2. The summed E-state index contributed by atoms with van der Waals surface area (Å²) in [5.41, 5.74) is 1.21. The van der Waals surface area contributed by atoms with Crippen molar-refractivity contribution in [2.45, 2.75) is 38.4 Å². The van der Waals surface area contributed by atoms with Crippen LogP contribution >= 0.6 is 0 Å². The molecule has 0 saturated carbocycles. The van der Waals surface area contributed by atoms with Gasteiger partial charge in [0.15, 0.2) is 0 Å². The van der Waals surface area contributed by atoms with E-state index in [9.17, 15) is 22.8 Å². The zero-order valence-electron chi connectivity index (χ0n) is 17.3. The molecule has 1 N–H and O–H groups in total. The largest absolute Gasteiger partial charge is 0.416 e. The van der Waals surface area contributed by atoms with Gasteiger partial charge in [0.1, 0.15) is 6.04 Å². The number of nitrogens with zero attached hydrogens (tertiary/aromatic N) is 1. The molecule has 1 aliphatic rings. The lowest BCUT2D eigenvalue weighted by molar-refractivity contribution is -0.137. The van der Waals surface area contributed by atoms with Gasteiger partial charge in [0.25, 0.3) is 0 Å². The number of benzene rings is 2. The molecule has 1 unspecified atom stereocenters.